The van der Waals surface area contributed by atoms with Gasteiger partial charge < -0.3 is 9.84 Å². The van der Waals surface area contributed by atoms with E-state index >= 15 is 0 Å². The Balaban J connectivity index is 0.00000341. The summed E-state index contributed by atoms with van der Waals surface area (Å²) in [7, 11) is -2.03. The van der Waals surface area contributed by atoms with Gasteiger partial charge in [-0.1, -0.05) is 19.1 Å². The topological polar surface area (TPSA) is 75.6 Å². The van der Waals surface area contributed by atoms with Gasteiger partial charge in [0.15, 0.2) is 0 Å². The molecule has 1 aliphatic rings. The zero-order valence-electron chi connectivity index (χ0n) is 17.9. The zero-order chi connectivity index (χ0) is 21.7. The van der Waals surface area contributed by atoms with Crippen LogP contribution in [0.4, 0.5) is 4.39 Å². The van der Waals surface area contributed by atoms with Crippen LogP contribution in [-0.2, 0) is 10.0 Å². The van der Waals surface area contributed by atoms with Crippen molar-refractivity contribution in [2.24, 2.45) is 5.92 Å². The summed E-state index contributed by atoms with van der Waals surface area (Å²) in [5.41, 5.74) is 2.11. The molecule has 2 aromatic carbocycles. The van der Waals surface area contributed by atoms with Crippen molar-refractivity contribution in [3.8, 4) is 5.75 Å². The SMILES string of the molecule is COc1cc(F)cc([C@@H](C)CC2CC[C@H](c3ccc(S(=O)(=O)NCCO)cc3)C2)c1.Cl. The number of benzene rings is 2. The minimum atomic E-state index is -3.58. The van der Waals surface area contributed by atoms with E-state index in [1.807, 2.05) is 18.2 Å². The van der Waals surface area contributed by atoms with Crippen molar-refractivity contribution < 1.29 is 22.7 Å². The first kappa shape index (κ1) is 25.6. The molecule has 172 valence electrons. The summed E-state index contributed by atoms with van der Waals surface area (Å²) in [6.45, 7) is 1.89. The summed E-state index contributed by atoms with van der Waals surface area (Å²) in [5, 5.41) is 8.81. The maximum atomic E-state index is 13.8. The van der Waals surface area contributed by atoms with Crippen molar-refractivity contribution in [2.75, 3.05) is 20.3 Å². The normalized spacial score (nSPS) is 19.6. The smallest absolute Gasteiger partial charge is 0.240 e. The van der Waals surface area contributed by atoms with Gasteiger partial charge in [0.05, 0.1) is 18.6 Å². The van der Waals surface area contributed by atoms with Crippen LogP contribution in [0.25, 0.3) is 0 Å². The Bertz CT molecular complexity index is 953. The maximum Gasteiger partial charge on any atom is 0.240 e. The fraction of sp³-hybridized carbons (Fsp3) is 0.478. The van der Waals surface area contributed by atoms with Crippen molar-refractivity contribution in [1.82, 2.24) is 4.72 Å². The molecule has 3 atom stereocenters. The molecular weight excluding hydrogens is 441 g/mol. The van der Waals surface area contributed by atoms with E-state index in [-0.39, 0.29) is 42.2 Å². The van der Waals surface area contributed by atoms with E-state index in [1.54, 1.807) is 25.3 Å². The highest BCUT2D eigenvalue weighted by atomic mass is 35.5. The highest BCUT2D eigenvalue weighted by Gasteiger charge is 2.28. The van der Waals surface area contributed by atoms with E-state index in [9.17, 15) is 12.8 Å². The lowest BCUT2D eigenvalue weighted by Crippen LogP contribution is -2.26. The number of aliphatic hydroxyl groups is 1. The Hall–Kier alpha value is -1.67. The molecule has 1 saturated carbocycles. The molecule has 0 aliphatic heterocycles. The van der Waals surface area contributed by atoms with Gasteiger partial charge in [0.25, 0.3) is 0 Å². The van der Waals surface area contributed by atoms with Gasteiger partial charge in [-0.05, 0) is 78.8 Å². The molecular formula is C23H31ClFNO4S. The van der Waals surface area contributed by atoms with Crippen LogP contribution in [0.15, 0.2) is 47.4 Å². The molecule has 3 rings (SSSR count). The van der Waals surface area contributed by atoms with Crippen LogP contribution in [0.2, 0.25) is 0 Å². The van der Waals surface area contributed by atoms with Gasteiger partial charge in [0, 0.05) is 12.6 Å². The molecule has 1 unspecified atom stereocenters. The molecule has 2 aromatic rings. The summed E-state index contributed by atoms with van der Waals surface area (Å²) in [5.74, 6) is 1.47. The number of halogens is 2. The molecule has 1 aliphatic carbocycles. The second kappa shape index (κ2) is 11.3. The molecule has 2 N–H and O–H groups in total. The lowest BCUT2D eigenvalue weighted by atomic mass is 9.88. The Labute approximate surface area is 190 Å². The van der Waals surface area contributed by atoms with E-state index in [0.717, 1.165) is 36.8 Å². The summed E-state index contributed by atoms with van der Waals surface area (Å²) in [6.07, 6.45) is 4.21. The van der Waals surface area contributed by atoms with Crippen molar-refractivity contribution in [3.63, 3.8) is 0 Å². The van der Waals surface area contributed by atoms with Gasteiger partial charge in [-0.3, -0.25) is 0 Å². The number of aliphatic hydroxyl groups excluding tert-OH is 1. The van der Waals surface area contributed by atoms with Crippen LogP contribution in [-0.4, -0.2) is 33.8 Å². The molecule has 8 heteroatoms. The predicted molar refractivity (Wildman–Crippen MR) is 122 cm³/mol. The molecule has 0 heterocycles. The molecule has 0 radical (unpaired) electrons. The molecule has 0 spiro atoms. The predicted octanol–water partition coefficient (Wildman–Crippen LogP) is 4.60. The second-order valence-corrected chi connectivity index (χ2v) is 9.89. The third-order valence-electron chi connectivity index (χ3n) is 5.99. The van der Waals surface area contributed by atoms with Crippen LogP contribution < -0.4 is 9.46 Å². The third kappa shape index (κ3) is 6.65. The first-order valence-electron chi connectivity index (χ1n) is 10.4. The number of methoxy groups -OCH3 is 1. The van der Waals surface area contributed by atoms with Gasteiger partial charge in [-0.25, -0.2) is 17.5 Å². The van der Waals surface area contributed by atoms with Crippen LogP contribution in [0.1, 0.15) is 55.6 Å². The first-order valence-corrected chi connectivity index (χ1v) is 11.9. The number of hydrogen-bond donors (Lipinski definition) is 2. The van der Waals surface area contributed by atoms with Gasteiger partial charge in [-0.15, -0.1) is 12.4 Å². The standard InChI is InChI=1S/C23H30FNO4S.ClH/c1-16(20-13-21(24)15-22(14-20)29-2)11-17-3-4-19(12-17)18-5-7-23(8-6-18)30(27,28)25-9-10-26;/h5-8,13-17,19,25-26H,3-4,9-12H2,1-2H3;1H/t16-,17?,19-;/m0./s1. The molecule has 5 nitrogen and oxygen atoms in total. The second-order valence-electron chi connectivity index (χ2n) is 8.13. The number of nitrogens with one attached hydrogen (secondary N) is 1. The van der Waals surface area contributed by atoms with E-state index in [0.29, 0.717) is 17.6 Å². The lowest BCUT2D eigenvalue weighted by molar-refractivity contribution is 0.301. The van der Waals surface area contributed by atoms with Gasteiger partial charge in [0.1, 0.15) is 11.6 Å². The average molecular weight is 472 g/mol. The fourth-order valence-electron chi connectivity index (χ4n) is 4.40. The van der Waals surface area contributed by atoms with E-state index < -0.39 is 10.0 Å². The molecule has 31 heavy (non-hydrogen) atoms. The van der Waals surface area contributed by atoms with Gasteiger partial charge >= 0.3 is 0 Å². The Morgan fingerprint density at radius 2 is 1.90 bits per heavy atom. The fourth-order valence-corrected chi connectivity index (χ4v) is 5.42. The first-order chi connectivity index (χ1) is 14.3. The third-order valence-corrected chi connectivity index (χ3v) is 7.47. The minimum Gasteiger partial charge on any atom is -0.497 e. The van der Waals surface area contributed by atoms with Crippen molar-refractivity contribution >= 4 is 22.4 Å². The number of rotatable bonds is 9. The summed E-state index contributed by atoms with van der Waals surface area (Å²) in [4.78, 5) is 0.211. The van der Waals surface area contributed by atoms with Crippen LogP contribution in [0, 0.1) is 11.7 Å². The molecule has 0 saturated heterocycles. The highest BCUT2D eigenvalue weighted by Crippen LogP contribution is 2.42. The average Bonchev–Trinajstić information content (AvgIpc) is 3.20. The number of ether oxygens (including phenoxy) is 1. The van der Waals surface area contributed by atoms with Crippen LogP contribution in [0.5, 0.6) is 5.75 Å². The Morgan fingerprint density at radius 3 is 2.55 bits per heavy atom. The number of sulfonamides is 1. The molecule has 0 bridgehead atoms. The van der Waals surface area contributed by atoms with E-state index in [4.69, 9.17) is 9.84 Å². The lowest BCUT2D eigenvalue weighted by Gasteiger charge is -2.18. The van der Waals surface area contributed by atoms with Crippen molar-refractivity contribution in [3.05, 3.63) is 59.4 Å². The summed E-state index contributed by atoms with van der Waals surface area (Å²) < 4.78 is 45.6. The van der Waals surface area contributed by atoms with E-state index in [1.165, 1.54) is 6.07 Å². The van der Waals surface area contributed by atoms with Gasteiger partial charge in [0.2, 0.25) is 10.0 Å². The van der Waals surface area contributed by atoms with E-state index in [2.05, 4.69) is 11.6 Å². The zero-order valence-corrected chi connectivity index (χ0v) is 19.5. The number of hydrogen-bond acceptors (Lipinski definition) is 4. The van der Waals surface area contributed by atoms with Crippen molar-refractivity contribution in [2.45, 2.75) is 49.3 Å². The summed E-state index contributed by atoms with van der Waals surface area (Å²) >= 11 is 0. The molecule has 0 amide bonds. The van der Waals surface area contributed by atoms with Crippen molar-refractivity contribution in [1.29, 1.82) is 0 Å². The molecule has 0 aromatic heterocycles. The summed E-state index contributed by atoms with van der Waals surface area (Å²) in [6, 6.07) is 11.9. The maximum absolute atomic E-state index is 13.8. The Kier molecular flexibility index (Phi) is 9.30. The quantitative estimate of drug-likeness (QED) is 0.560. The minimum absolute atomic E-state index is 0. The molecule has 1 fully saturated rings. The largest absolute Gasteiger partial charge is 0.497 e. The monoisotopic (exact) mass is 471 g/mol. The van der Waals surface area contributed by atoms with Gasteiger partial charge in [-0.2, -0.15) is 0 Å². The highest BCUT2D eigenvalue weighted by molar-refractivity contribution is 7.89. The van der Waals surface area contributed by atoms with Crippen LogP contribution >= 0.6 is 12.4 Å². The Morgan fingerprint density at radius 1 is 1.19 bits per heavy atom. The van der Waals surface area contributed by atoms with Crippen LogP contribution in [0.3, 0.4) is 0 Å².